The molecule has 2 nitrogen and oxygen atoms in total. The Morgan fingerprint density at radius 1 is 1.21 bits per heavy atom. The molecule has 0 aliphatic heterocycles. The van der Waals surface area contributed by atoms with E-state index in [9.17, 15) is 4.79 Å². The molecule has 0 N–H and O–H groups in total. The predicted molar refractivity (Wildman–Crippen MR) is 79.0 cm³/mol. The van der Waals surface area contributed by atoms with Gasteiger partial charge in [-0.25, -0.2) is 0 Å². The minimum Gasteiger partial charge on any atom is -0.435 e. The maximum absolute atomic E-state index is 10.7. The molecular formula is C17H24O2. The first kappa shape index (κ1) is 15.5. The Labute approximate surface area is 116 Å². The molecule has 0 aliphatic rings. The maximum atomic E-state index is 10.7. The molecule has 0 heterocycles. The third-order valence-electron chi connectivity index (χ3n) is 3.53. The summed E-state index contributed by atoms with van der Waals surface area (Å²) < 4.78 is 4.87. The lowest BCUT2D eigenvalue weighted by Gasteiger charge is -2.23. The highest BCUT2D eigenvalue weighted by Gasteiger charge is 2.17. The molecule has 0 saturated carbocycles. The molecule has 0 amide bonds. The summed E-state index contributed by atoms with van der Waals surface area (Å²) in [5.41, 5.74) is 3.86. The van der Waals surface area contributed by atoms with Crippen molar-refractivity contribution in [2.75, 3.05) is 0 Å². The van der Waals surface area contributed by atoms with Crippen molar-refractivity contribution in [2.24, 2.45) is 0 Å². The quantitative estimate of drug-likeness (QED) is 0.580. The molecule has 0 spiro atoms. The van der Waals surface area contributed by atoms with Gasteiger partial charge < -0.3 is 4.74 Å². The Balaban J connectivity index is 2.72. The smallest absolute Gasteiger partial charge is 0.307 e. The van der Waals surface area contributed by atoms with Gasteiger partial charge in [0.25, 0.3) is 0 Å². The lowest BCUT2D eigenvalue weighted by Crippen LogP contribution is -2.15. The molecule has 104 valence electrons. The van der Waals surface area contributed by atoms with E-state index in [1.807, 2.05) is 6.92 Å². The van der Waals surface area contributed by atoms with Gasteiger partial charge in [-0.1, -0.05) is 45.0 Å². The van der Waals surface area contributed by atoms with Crippen LogP contribution in [0.4, 0.5) is 0 Å². The number of hydrogen-bond donors (Lipinski definition) is 0. The zero-order valence-corrected chi connectivity index (χ0v) is 12.6. The molecule has 0 bridgehead atoms. The summed E-state index contributed by atoms with van der Waals surface area (Å²) in [6.45, 7) is 10.1. The fourth-order valence-electron chi connectivity index (χ4n) is 1.83. The van der Waals surface area contributed by atoms with Crippen LogP contribution in [0, 0.1) is 0 Å². The Morgan fingerprint density at radius 2 is 1.79 bits per heavy atom. The zero-order valence-electron chi connectivity index (χ0n) is 12.6. The molecule has 0 unspecified atom stereocenters. The van der Waals surface area contributed by atoms with E-state index in [-0.39, 0.29) is 11.4 Å². The Kier molecular flexibility index (Phi) is 5.34. The summed E-state index contributed by atoms with van der Waals surface area (Å²) in [5.74, 6) is -0.278. The third-order valence-corrected chi connectivity index (χ3v) is 3.53. The molecule has 1 aromatic carbocycles. The monoisotopic (exact) mass is 260 g/mol. The number of carbonyl (C=O) groups excluding carboxylic acids is 1. The fraction of sp³-hybridized carbons (Fsp3) is 0.471. The van der Waals surface area contributed by atoms with E-state index in [0.717, 1.165) is 18.4 Å². The van der Waals surface area contributed by atoms with Gasteiger partial charge in [-0.2, -0.15) is 0 Å². The van der Waals surface area contributed by atoms with Crippen LogP contribution in [-0.4, -0.2) is 5.97 Å². The van der Waals surface area contributed by atoms with Gasteiger partial charge in [0.15, 0.2) is 0 Å². The van der Waals surface area contributed by atoms with Gasteiger partial charge in [0.1, 0.15) is 0 Å². The van der Waals surface area contributed by atoms with Crippen LogP contribution in [0.1, 0.15) is 52.2 Å². The van der Waals surface area contributed by atoms with Crippen molar-refractivity contribution in [2.45, 2.75) is 52.9 Å². The van der Waals surface area contributed by atoms with Crippen molar-refractivity contribution in [3.63, 3.8) is 0 Å². The van der Waals surface area contributed by atoms with Crippen LogP contribution in [-0.2, 0) is 21.4 Å². The minimum atomic E-state index is -0.278. The summed E-state index contributed by atoms with van der Waals surface area (Å²) in [6, 6.07) is 8.69. The largest absolute Gasteiger partial charge is 0.435 e. The molecular weight excluding hydrogens is 236 g/mol. The van der Waals surface area contributed by atoms with E-state index < -0.39 is 0 Å². The van der Waals surface area contributed by atoms with Crippen LogP contribution in [0.5, 0.6) is 0 Å². The Bertz CT molecular complexity index is 453. The van der Waals surface area contributed by atoms with Gasteiger partial charge >= 0.3 is 5.97 Å². The lowest BCUT2D eigenvalue weighted by atomic mass is 9.82. The van der Waals surface area contributed by atoms with Crippen molar-refractivity contribution in [3.05, 3.63) is 47.2 Å². The average molecular weight is 260 g/mol. The summed E-state index contributed by atoms with van der Waals surface area (Å²) in [6.07, 6.45) is 3.46. The maximum Gasteiger partial charge on any atom is 0.307 e. The van der Waals surface area contributed by atoms with E-state index in [4.69, 9.17) is 4.74 Å². The zero-order chi connectivity index (χ0) is 14.5. The first-order valence-corrected chi connectivity index (χ1v) is 6.77. The summed E-state index contributed by atoms with van der Waals surface area (Å²) in [4.78, 5) is 10.7. The summed E-state index contributed by atoms with van der Waals surface area (Å²) >= 11 is 0. The third kappa shape index (κ3) is 4.90. The molecule has 19 heavy (non-hydrogen) atoms. The van der Waals surface area contributed by atoms with E-state index in [0.29, 0.717) is 0 Å². The Morgan fingerprint density at radius 3 is 2.26 bits per heavy atom. The lowest BCUT2D eigenvalue weighted by molar-refractivity contribution is -0.135. The number of hydrogen-bond acceptors (Lipinski definition) is 2. The molecule has 0 saturated heterocycles. The molecule has 0 aliphatic carbocycles. The van der Waals surface area contributed by atoms with Crippen LogP contribution in [0.2, 0.25) is 0 Å². The molecule has 1 aromatic rings. The van der Waals surface area contributed by atoms with Crippen LogP contribution < -0.4 is 0 Å². The van der Waals surface area contributed by atoms with Crippen molar-refractivity contribution in [1.29, 1.82) is 0 Å². The standard InChI is InChI=1S/C17H24O2/c1-6-17(4,5)16-9-7-15(8-10-16)11-13(2)12-19-14(3)18/h7-10,12H,6,11H2,1-5H3. The van der Waals surface area contributed by atoms with Crippen LogP contribution in [0.25, 0.3) is 0 Å². The molecule has 0 fully saturated rings. The Hall–Kier alpha value is -1.57. The highest BCUT2D eigenvalue weighted by atomic mass is 16.5. The first-order chi connectivity index (χ1) is 8.85. The van der Waals surface area contributed by atoms with Crippen LogP contribution in [0.15, 0.2) is 36.1 Å². The highest BCUT2D eigenvalue weighted by molar-refractivity contribution is 5.66. The molecule has 0 radical (unpaired) electrons. The number of esters is 1. The first-order valence-electron chi connectivity index (χ1n) is 6.77. The number of benzene rings is 1. The van der Waals surface area contributed by atoms with Crippen LogP contribution in [0.3, 0.4) is 0 Å². The SMILES string of the molecule is CCC(C)(C)c1ccc(CC(C)=COC(C)=O)cc1. The van der Waals surface area contributed by atoms with Gasteiger partial charge in [0, 0.05) is 6.92 Å². The van der Waals surface area contributed by atoms with E-state index >= 15 is 0 Å². The summed E-state index contributed by atoms with van der Waals surface area (Å²) in [7, 11) is 0. The number of rotatable bonds is 5. The second-order valence-electron chi connectivity index (χ2n) is 5.68. The minimum absolute atomic E-state index is 0.223. The van der Waals surface area contributed by atoms with Gasteiger partial charge in [-0.05, 0) is 41.9 Å². The van der Waals surface area contributed by atoms with Crippen LogP contribution >= 0.6 is 0 Å². The number of ether oxygens (including phenoxy) is 1. The van der Waals surface area contributed by atoms with Crippen molar-refractivity contribution >= 4 is 5.97 Å². The average Bonchev–Trinajstić information content (AvgIpc) is 2.37. The van der Waals surface area contributed by atoms with Gasteiger partial charge in [0.05, 0.1) is 6.26 Å². The normalized spacial score (nSPS) is 12.4. The number of allylic oxidation sites excluding steroid dienone is 1. The van der Waals surface area contributed by atoms with Gasteiger partial charge in [-0.3, -0.25) is 4.79 Å². The second kappa shape index (κ2) is 6.55. The van der Waals surface area contributed by atoms with E-state index in [1.165, 1.54) is 24.3 Å². The predicted octanol–water partition coefficient (Wildman–Crippen LogP) is 4.38. The second-order valence-corrected chi connectivity index (χ2v) is 5.68. The fourth-order valence-corrected chi connectivity index (χ4v) is 1.83. The number of carbonyl (C=O) groups is 1. The molecule has 0 aromatic heterocycles. The molecule has 2 heteroatoms. The highest BCUT2D eigenvalue weighted by Crippen LogP contribution is 2.26. The van der Waals surface area contributed by atoms with Gasteiger partial charge in [-0.15, -0.1) is 0 Å². The molecule has 0 atom stereocenters. The van der Waals surface area contributed by atoms with E-state index in [1.54, 1.807) is 0 Å². The van der Waals surface area contributed by atoms with Crippen molar-refractivity contribution < 1.29 is 9.53 Å². The topological polar surface area (TPSA) is 26.3 Å². The van der Waals surface area contributed by atoms with E-state index in [2.05, 4.69) is 45.0 Å². The van der Waals surface area contributed by atoms with Crippen molar-refractivity contribution in [3.8, 4) is 0 Å². The van der Waals surface area contributed by atoms with Crippen molar-refractivity contribution in [1.82, 2.24) is 0 Å². The van der Waals surface area contributed by atoms with Gasteiger partial charge in [0.2, 0.25) is 0 Å². The summed E-state index contributed by atoms with van der Waals surface area (Å²) in [5, 5.41) is 0. The molecule has 1 rings (SSSR count).